The highest BCUT2D eigenvalue weighted by atomic mass is 19.1. The van der Waals surface area contributed by atoms with Gasteiger partial charge in [0, 0.05) is 39.3 Å². The Morgan fingerprint density at radius 1 is 0.881 bits per heavy atom. The molecule has 2 aliphatic heterocycles. The van der Waals surface area contributed by atoms with Gasteiger partial charge in [0.2, 0.25) is 5.75 Å². The third kappa shape index (κ3) is 3.53. The molecular weight excluding hydrogens is 537 g/mol. The lowest BCUT2D eigenvalue weighted by atomic mass is 9.63. The zero-order chi connectivity index (χ0) is 30.1. The number of rotatable bonds is 5. The molecule has 0 aromatic heterocycles. The number of carbonyl (C=O) groups is 3. The van der Waals surface area contributed by atoms with Crippen LogP contribution in [0.25, 0.3) is 6.08 Å². The number of methoxy groups -OCH3 is 3. The maximum atomic E-state index is 14.8. The molecule has 3 aromatic rings. The van der Waals surface area contributed by atoms with Crippen LogP contribution in [0, 0.1) is 16.6 Å². The second-order valence-corrected chi connectivity index (χ2v) is 11.9. The molecule has 3 aromatic carbocycles. The van der Waals surface area contributed by atoms with E-state index in [1.165, 1.54) is 33.5 Å². The van der Waals surface area contributed by atoms with E-state index < -0.39 is 34.6 Å². The van der Waals surface area contributed by atoms with E-state index in [1.54, 1.807) is 54.6 Å². The number of hydrogen-bond acceptors (Lipinski definition) is 7. The molecule has 1 fully saturated rings. The smallest absolute Gasteiger partial charge is 0.203 e. The predicted molar refractivity (Wildman–Crippen MR) is 156 cm³/mol. The van der Waals surface area contributed by atoms with E-state index in [1.807, 2.05) is 25.7 Å². The molecule has 0 N–H and O–H groups in total. The van der Waals surface area contributed by atoms with E-state index in [0.29, 0.717) is 33.7 Å². The average Bonchev–Trinajstić information content (AvgIpc) is 3.40. The van der Waals surface area contributed by atoms with Crippen molar-refractivity contribution in [1.82, 2.24) is 0 Å². The average molecular weight is 570 g/mol. The first kappa shape index (κ1) is 27.7. The number of fused-ring (bicyclic) bond motifs is 5. The summed E-state index contributed by atoms with van der Waals surface area (Å²) in [5, 5.41) is 0. The number of carbonyl (C=O) groups excluding carboxylic acids is 3. The van der Waals surface area contributed by atoms with Gasteiger partial charge in [-0.1, -0.05) is 63.3 Å². The minimum Gasteiger partial charge on any atom is -0.493 e. The second kappa shape index (κ2) is 9.54. The van der Waals surface area contributed by atoms with Crippen LogP contribution in [-0.4, -0.2) is 50.8 Å². The summed E-state index contributed by atoms with van der Waals surface area (Å²) in [6.07, 6.45) is 3.50. The summed E-state index contributed by atoms with van der Waals surface area (Å²) in [6.45, 7) is 5.45. The number of anilines is 1. The lowest BCUT2D eigenvalue weighted by molar-refractivity contribution is -0.127. The molecule has 3 aliphatic rings. The highest BCUT2D eigenvalue weighted by Crippen LogP contribution is 2.63. The summed E-state index contributed by atoms with van der Waals surface area (Å²) >= 11 is 0. The van der Waals surface area contributed by atoms with Gasteiger partial charge in [-0.15, -0.1) is 0 Å². The van der Waals surface area contributed by atoms with Crippen molar-refractivity contribution in [3.63, 3.8) is 0 Å². The standard InChI is InChI=1S/C34H32FNO6/c1-33(2,3)32(39)27-26(22-13-15-24(40-4)29(42-6)28(22)41-5)34(30(37)20-9-7-8-10-21(20)31(34)38)25-16-11-18-17-19(35)12-14-23(18)36(25)27/h7-17,25-27H,1-6H3/t25-,26+,27-/m0/s1. The molecule has 2 heterocycles. The fraction of sp³-hybridized carbons (Fsp3) is 0.324. The molecule has 0 unspecified atom stereocenters. The van der Waals surface area contributed by atoms with Gasteiger partial charge in [0.15, 0.2) is 28.8 Å². The van der Waals surface area contributed by atoms with Crippen LogP contribution in [-0.2, 0) is 4.79 Å². The molecule has 0 amide bonds. The maximum Gasteiger partial charge on any atom is 0.203 e. The van der Waals surface area contributed by atoms with Gasteiger partial charge in [0.1, 0.15) is 11.2 Å². The normalized spacial score (nSPS) is 21.7. The Labute approximate surface area is 243 Å². The minimum absolute atomic E-state index is 0.173. The number of hydrogen-bond donors (Lipinski definition) is 0. The van der Waals surface area contributed by atoms with E-state index in [4.69, 9.17) is 14.2 Å². The number of Topliss-reactive ketones (excluding diaryl/α,β-unsaturated/α-hetero) is 3. The van der Waals surface area contributed by atoms with E-state index in [2.05, 4.69) is 0 Å². The number of benzene rings is 3. The van der Waals surface area contributed by atoms with E-state index in [9.17, 15) is 18.8 Å². The van der Waals surface area contributed by atoms with Crippen LogP contribution in [0.5, 0.6) is 17.2 Å². The second-order valence-electron chi connectivity index (χ2n) is 11.9. The molecule has 7 nitrogen and oxygen atoms in total. The molecule has 0 saturated carbocycles. The van der Waals surface area contributed by atoms with Gasteiger partial charge >= 0.3 is 0 Å². The third-order valence-corrected chi connectivity index (χ3v) is 8.84. The topological polar surface area (TPSA) is 82.1 Å². The van der Waals surface area contributed by atoms with Crippen LogP contribution in [0.1, 0.15) is 58.5 Å². The highest BCUT2D eigenvalue weighted by molar-refractivity contribution is 6.32. The van der Waals surface area contributed by atoms with Gasteiger partial charge in [-0.25, -0.2) is 4.39 Å². The Hall–Kier alpha value is -4.46. The fourth-order valence-electron chi connectivity index (χ4n) is 7.10. The Morgan fingerprint density at radius 3 is 2.10 bits per heavy atom. The monoisotopic (exact) mass is 569 g/mol. The molecule has 216 valence electrons. The number of ether oxygens (including phenoxy) is 3. The van der Waals surface area contributed by atoms with Crippen LogP contribution in [0.15, 0.2) is 60.7 Å². The zero-order valence-corrected chi connectivity index (χ0v) is 24.4. The van der Waals surface area contributed by atoms with Crippen LogP contribution in [0.4, 0.5) is 10.1 Å². The zero-order valence-electron chi connectivity index (χ0n) is 24.4. The molecule has 1 aliphatic carbocycles. The lowest BCUT2D eigenvalue weighted by Gasteiger charge is -2.38. The van der Waals surface area contributed by atoms with Crippen LogP contribution >= 0.6 is 0 Å². The van der Waals surface area contributed by atoms with Crippen molar-refractivity contribution in [2.24, 2.45) is 10.8 Å². The molecule has 3 atom stereocenters. The third-order valence-electron chi connectivity index (χ3n) is 8.84. The van der Waals surface area contributed by atoms with Crippen LogP contribution in [0.3, 0.4) is 0 Å². The fourth-order valence-corrected chi connectivity index (χ4v) is 7.10. The summed E-state index contributed by atoms with van der Waals surface area (Å²) in [7, 11) is 4.45. The first-order valence-electron chi connectivity index (χ1n) is 13.8. The van der Waals surface area contributed by atoms with Crippen molar-refractivity contribution in [3.05, 3.63) is 88.7 Å². The summed E-state index contributed by atoms with van der Waals surface area (Å²) in [5.41, 5.74) is -0.346. The van der Waals surface area contributed by atoms with E-state index >= 15 is 0 Å². The maximum absolute atomic E-state index is 14.8. The van der Waals surface area contributed by atoms with E-state index in [0.717, 1.165) is 0 Å². The summed E-state index contributed by atoms with van der Waals surface area (Å²) < 4.78 is 31.5. The van der Waals surface area contributed by atoms with Gasteiger partial charge in [-0.3, -0.25) is 14.4 Å². The van der Waals surface area contributed by atoms with Gasteiger partial charge in [0.25, 0.3) is 0 Å². The quantitative estimate of drug-likeness (QED) is 0.354. The van der Waals surface area contributed by atoms with Crippen molar-refractivity contribution in [2.75, 3.05) is 26.2 Å². The highest BCUT2D eigenvalue weighted by Gasteiger charge is 2.72. The van der Waals surface area contributed by atoms with Gasteiger partial charge < -0.3 is 19.1 Å². The predicted octanol–water partition coefficient (Wildman–Crippen LogP) is 5.90. The van der Waals surface area contributed by atoms with Crippen molar-refractivity contribution in [1.29, 1.82) is 0 Å². The Bertz CT molecular complexity index is 1650. The molecule has 1 saturated heterocycles. The Kier molecular flexibility index (Phi) is 6.29. The molecule has 42 heavy (non-hydrogen) atoms. The Balaban J connectivity index is 1.75. The number of halogens is 1. The summed E-state index contributed by atoms with van der Waals surface area (Å²) in [5.74, 6) is -1.36. The molecular formula is C34H32FNO6. The molecule has 0 bridgehead atoms. The summed E-state index contributed by atoms with van der Waals surface area (Å²) in [4.78, 5) is 46.0. The van der Waals surface area contributed by atoms with Gasteiger partial charge in [-0.2, -0.15) is 0 Å². The first-order valence-corrected chi connectivity index (χ1v) is 13.8. The SMILES string of the molecule is COc1ccc([C@@H]2[C@@H](C(=O)C(C)(C)C)N3c4ccc(F)cc4C=C[C@H]3C23C(=O)c2ccccc2C3=O)c(OC)c1OC. The molecule has 6 rings (SSSR count). The van der Waals surface area contributed by atoms with Gasteiger partial charge in [-0.05, 0) is 24.3 Å². The van der Waals surface area contributed by atoms with Crippen LogP contribution < -0.4 is 19.1 Å². The van der Waals surface area contributed by atoms with Crippen molar-refractivity contribution in [3.8, 4) is 17.2 Å². The first-order chi connectivity index (χ1) is 20.0. The number of nitrogens with zero attached hydrogens (tertiary/aromatic N) is 1. The number of ketones is 3. The molecule has 8 heteroatoms. The largest absolute Gasteiger partial charge is 0.493 e. The minimum atomic E-state index is -1.72. The van der Waals surface area contributed by atoms with Crippen LogP contribution in [0.2, 0.25) is 0 Å². The van der Waals surface area contributed by atoms with E-state index in [-0.39, 0.29) is 28.8 Å². The van der Waals surface area contributed by atoms with Crippen molar-refractivity contribution < 1.29 is 33.0 Å². The van der Waals surface area contributed by atoms with Gasteiger partial charge in [0.05, 0.1) is 33.4 Å². The summed E-state index contributed by atoms with van der Waals surface area (Å²) in [6, 6.07) is 12.7. The molecule has 1 spiro atoms. The van der Waals surface area contributed by atoms with Crippen molar-refractivity contribution >= 4 is 29.1 Å². The van der Waals surface area contributed by atoms with Crippen molar-refractivity contribution in [2.45, 2.75) is 38.8 Å². The lowest BCUT2D eigenvalue weighted by Crippen LogP contribution is -2.49. The molecule has 0 radical (unpaired) electrons. The Morgan fingerprint density at radius 2 is 1.52 bits per heavy atom.